The normalized spacial score (nSPS) is 17.9. The number of rotatable bonds is 8. The van der Waals surface area contributed by atoms with Gasteiger partial charge in [-0.15, -0.1) is 0 Å². The highest BCUT2D eigenvalue weighted by molar-refractivity contribution is 5.73. The quantitative estimate of drug-likeness (QED) is 0.725. The van der Waals surface area contributed by atoms with E-state index in [1.807, 2.05) is 19.3 Å². The van der Waals surface area contributed by atoms with Gasteiger partial charge in [0.25, 0.3) is 0 Å². The van der Waals surface area contributed by atoms with Crippen LogP contribution in [0, 0.1) is 12.8 Å². The molecule has 0 unspecified atom stereocenters. The van der Waals surface area contributed by atoms with Crippen LogP contribution >= 0.6 is 0 Å². The first-order valence-electron chi connectivity index (χ1n) is 10.1. The summed E-state index contributed by atoms with van der Waals surface area (Å²) in [5, 5.41) is 6.06. The molecule has 0 aromatic carbocycles. The molecule has 1 aliphatic heterocycles. The maximum absolute atomic E-state index is 12.2. The Morgan fingerprint density at radius 3 is 2.56 bits per heavy atom. The van der Waals surface area contributed by atoms with E-state index in [1.54, 1.807) is 0 Å². The van der Waals surface area contributed by atoms with Crippen molar-refractivity contribution < 1.29 is 4.79 Å². The van der Waals surface area contributed by atoms with Crippen molar-refractivity contribution in [1.82, 2.24) is 30.0 Å². The fourth-order valence-corrected chi connectivity index (χ4v) is 3.72. The molecule has 1 saturated heterocycles. The van der Waals surface area contributed by atoms with Gasteiger partial charge in [-0.25, -0.2) is 9.78 Å². The molecule has 2 amide bonds. The van der Waals surface area contributed by atoms with E-state index in [2.05, 4.69) is 64.9 Å². The first-order chi connectivity index (χ1) is 12.7. The second-order valence-electron chi connectivity index (χ2n) is 8.79. The molecule has 1 aliphatic rings. The summed E-state index contributed by atoms with van der Waals surface area (Å²) in [7, 11) is 4.32. The van der Waals surface area contributed by atoms with E-state index in [-0.39, 0.29) is 11.6 Å². The molecule has 27 heavy (non-hydrogen) atoms. The predicted molar refractivity (Wildman–Crippen MR) is 110 cm³/mol. The van der Waals surface area contributed by atoms with E-state index < -0.39 is 0 Å². The highest BCUT2D eigenvalue weighted by Gasteiger charge is 2.31. The van der Waals surface area contributed by atoms with Crippen LogP contribution in [0.5, 0.6) is 0 Å². The van der Waals surface area contributed by atoms with Crippen molar-refractivity contribution in [2.45, 2.75) is 58.7 Å². The molecule has 154 valence electrons. The predicted octanol–water partition coefficient (Wildman–Crippen LogP) is 1.93. The van der Waals surface area contributed by atoms with E-state index in [4.69, 9.17) is 0 Å². The maximum Gasteiger partial charge on any atom is 0.314 e. The SMILES string of the molecule is Cc1nccn1C[C@@H](C)CNC(=O)NCC(C)(C)N1CCC(N(C)C)CC1. The van der Waals surface area contributed by atoms with Crippen LogP contribution < -0.4 is 10.6 Å². The summed E-state index contributed by atoms with van der Waals surface area (Å²) in [6.07, 6.45) is 6.17. The third-order valence-corrected chi connectivity index (χ3v) is 5.78. The lowest BCUT2D eigenvalue weighted by Crippen LogP contribution is -2.56. The summed E-state index contributed by atoms with van der Waals surface area (Å²) < 4.78 is 2.12. The number of likely N-dealkylation sites (tertiary alicyclic amines) is 1. The van der Waals surface area contributed by atoms with Gasteiger partial charge in [0.15, 0.2) is 0 Å². The number of nitrogens with one attached hydrogen (secondary N) is 2. The van der Waals surface area contributed by atoms with Crippen molar-refractivity contribution in [1.29, 1.82) is 0 Å². The molecule has 0 aliphatic carbocycles. The Morgan fingerprint density at radius 2 is 2.00 bits per heavy atom. The molecule has 2 N–H and O–H groups in total. The van der Waals surface area contributed by atoms with Crippen LogP contribution in [0.2, 0.25) is 0 Å². The number of nitrogens with zero attached hydrogens (tertiary/aromatic N) is 4. The van der Waals surface area contributed by atoms with E-state index in [9.17, 15) is 4.79 Å². The number of amides is 2. The van der Waals surface area contributed by atoms with Crippen LogP contribution in [0.1, 0.15) is 39.4 Å². The maximum atomic E-state index is 12.2. The van der Waals surface area contributed by atoms with Gasteiger partial charge in [0.2, 0.25) is 0 Å². The number of imidazole rings is 1. The summed E-state index contributed by atoms with van der Waals surface area (Å²) in [6, 6.07) is 0.592. The van der Waals surface area contributed by atoms with Crippen molar-refractivity contribution in [3.63, 3.8) is 0 Å². The van der Waals surface area contributed by atoms with Crippen LogP contribution in [-0.2, 0) is 6.54 Å². The third-order valence-electron chi connectivity index (χ3n) is 5.78. The minimum absolute atomic E-state index is 0.0336. The molecule has 1 fully saturated rings. The zero-order chi connectivity index (χ0) is 20.0. The summed E-state index contributed by atoms with van der Waals surface area (Å²) >= 11 is 0. The second kappa shape index (κ2) is 9.55. The number of aryl methyl sites for hydroxylation is 1. The van der Waals surface area contributed by atoms with Crippen molar-refractivity contribution in [2.24, 2.45) is 5.92 Å². The molecular weight excluding hydrogens is 340 g/mol. The first-order valence-corrected chi connectivity index (χ1v) is 10.1. The highest BCUT2D eigenvalue weighted by Crippen LogP contribution is 2.22. The van der Waals surface area contributed by atoms with Crippen LogP contribution in [0.15, 0.2) is 12.4 Å². The lowest BCUT2D eigenvalue weighted by atomic mass is 9.96. The molecule has 2 rings (SSSR count). The van der Waals surface area contributed by atoms with Gasteiger partial charge in [-0.3, -0.25) is 4.90 Å². The van der Waals surface area contributed by atoms with Gasteiger partial charge < -0.3 is 20.1 Å². The Kier molecular flexibility index (Phi) is 7.68. The van der Waals surface area contributed by atoms with E-state index in [0.29, 0.717) is 25.0 Å². The van der Waals surface area contributed by atoms with E-state index >= 15 is 0 Å². The number of carbonyl (C=O) groups excluding carboxylic acids is 1. The first kappa shape index (κ1) is 21.7. The average Bonchev–Trinajstić information content (AvgIpc) is 3.03. The second-order valence-corrected chi connectivity index (χ2v) is 8.79. The van der Waals surface area contributed by atoms with Gasteiger partial charge in [0.1, 0.15) is 5.82 Å². The summed E-state index contributed by atoms with van der Waals surface area (Å²) in [4.78, 5) is 21.3. The van der Waals surface area contributed by atoms with Crippen LogP contribution in [-0.4, -0.2) is 77.2 Å². The number of carbonyl (C=O) groups is 1. The van der Waals surface area contributed by atoms with Gasteiger partial charge in [-0.2, -0.15) is 0 Å². The van der Waals surface area contributed by atoms with Crippen LogP contribution in [0.25, 0.3) is 0 Å². The van der Waals surface area contributed by atoms with Crippen molar-refractivity contribution in [3.8, 4) is 0 Å². The van der Waals surface area contributed by atoms with Crippen LogP contribution in [0.3, 0.4) is 0 Å². The Hall–Kier alpha value is -1.60. The third kappa shape index (κ3) is 6.50. The molecule has 7 heteroatoms. The molecule has 2 heterocycles. The molecular formula is C20H38N6O. The summed E-state index contributed by atoms with van der Waals surface area (Å²) in [5.74, 6) is 1.35. The van der Waals surface area contributed by atoms with Gasteiger partial charge in [-0.1, -0.05) is 6.92 Å². The zero-order valence-corrected chi connectivity index (χ0v) is 18.0. The number of piperidine rings is 1. The smallest absolute Gasteiger partial charge is 0.314 e. The zero-order valence-electron chi connectivity index (χ0n) is 18.0. The topological polar surface area (TPSA) is 65.4 Å². The van der Waals surface area contributed by atoms with Crippen molar-refractivity contribution in [3.05, 3.63) is 18.2 Å². The Bertz CT molecular complexity index is 589. The number of hydrogen-bond donors (Lipinski definition) is 2. The number of aromatic nitrogens is 2. The minimum atomic E-state index is -0.0829. The number of urea groups is 1. The lowest BCUT2D eigenvalue weighted by Gasteiger charge is -2.44. The molecule has 7 nitrogen and oxygen atoms in total. The lowest BCUT2D eigenvalue weighted by molar-refractivity contribution is 0.0631. The number of hydrogen-bond acceptors (Lipinski definition) is 4. The van der Waals surface area contributed by atoms with Crippen molar-refractivity contribution >= 4 is 6.03 Å². The van der Waals surface area contributed by atoms with Gasteiger partial charge in [0, 0.05) is 56.7 Å². The molecule has 1 atom stereocenters. The Morgan fingerprint density at radius 1 is 1.33 bits per heavy atom. The monoisotopic (exact) mass is 378 g/mol. The minimum Gasteiger partial charge on any atom is -0.338 e. The molecule has 1 aromatic rings. The van der Waals surface area contributed by atoms with Gasteiger partial charge in [-0.05, 0) is 53.6 Å². The fraction of sp³-hybridized carbons (Fsp3) is 0.800. The van der Waals surface area contributed by atoms with Crippen LogP contribution in [0.4, 0.5) is 4.79 Å². The fourth-order valence-electron chi connectivity index (χ4n) is 3.72. The largest absolute Gasteiger partial charge is 0.338 e. The molecule has 0 bridgehead atoms. The average molecular weight is 379 g/mol. The summed E-state index contributed by atoms with van der Waals surface area (Å²) in [6.45, 7) is 12.9. The van der Waals surface area contributed by atoms with Gasteiger partial charge in [0.05, 0.1) is 0 Å². The molecule has 1 aromatic heterocycles. The van der Waals surface area contributed by atoms with Gasteiger partial charge >= 0.3 is 6.03 Å². The van der Waals surface area contributed by atoms with Crippen molar-refractivity contribution in [2.75, 3.05) is 40.3 Å². The Labute approximate surface area is 164 Å². The molecule has 0 radical (unpaired) electrons. The van der Waals surface area contributed by atoms with E-state index in [0.717, 1.165) is 25.5 Å². The standard InChI is InChI=1S/C20H38N6O/c1-16(14-25-12-9-21-17(25)2)13-22-19(27)23-15-20(3,4)26-10-7-18(8-11-26)24(5)6/h9,12,16,18H,7-8,10-11,13-15H2,1-6H3,(H2,22,23,27)/t16-/m0/s1. The highest BCUT2D eigenvalue weighted by atomic mass is 16.2. The molecule has 0 saturated carbocycles. The van der Waals surface area contributed by atoms with E-state index in [1.165, 1.54) is 12.8 Å². The molecule has 0 spiro atoms. The summed E-state index contributed by atoms with van der Waals surface area (Å²) in [5.41, 5.74) is -0.0336. The Balaban J connectivity index is 1.69.